The molecule has 66 valence electrons. The molecule has 0 amide bonds. The largest absolute Gasteiger partial charge is 0.327 e. The molecule has 2 heterocycles. The van der Waals surface area contributed by atoms with E-state index in [1.165, 1.54) is 0 Å². The first-order valence-electron chi connectivity index (χ1n) is 3.50. The quantitative estimate of drug-likeness (QED) is 0.523. The van der Waals surface area contributed by atoms with Crippen molar-refractivity contribution in [2.75, 3.05) is 0 Å². The van der Waals surface area contributed by atoms with Gasteiger partial charge in [0.1, 0.15) is 5.82 Å². The fourth-order valence-electron chi connectivity index (χ4n) is 0.948. The molecule has 0 saturated carbocycles. The van der Waals surface area contributed by atoms with Crippen LogP contribution < -0.4 is 11.2 Å². The van der Waals surface area contributed by atoms with Crippen LogP contribution in [-0.2, 0) is 0 Å². The normalized spacial score (nSPS) is 10.5. The van der Waals surface area contributed by atoms with Crippen molar-refractivity contribution in [3.63, 3.8) is 0 Å². The predicted octanol–water partition coefficient (Wildman–Crippen LogP) is -1.29. The van der Waals surface area contributed by atoms with Crippen LogP contribution in [0.5, 0.6) is 0 Å². The lowest BCUT2D eigenvalue weighted by Gasteiger charge is -1.93. The summed E-state index contributed by atoms with van der Waals surface area (Å²) in [5.74, 6) is 0.397. The SMILES string of the molecule is Cc1nnc2c(=O)[nH]c(=O)[nH]c2n1. The van der Waals surface area contributed by atoms with E-state index in [-0.39, 0.29) is 11.2 Å². The Bertz CT molecular complexity index is 569. The molecule has 2 aromatic rings. The van der Waals surface area contributed by atoms with Crippen LogP contribution >= 0.6 is 0 Å². The summed E-state index contributed by atoms with van der Waals surface area (Å²) in [6.45, 7) is 1.62. The van der Waals surface area contributed by atoms with Crippen molar-refractivity contribution in [1.29, 1.82) is 0 Å². The maximum Gasteiger partial charge on any atom is 0.327 e. The van der Waals surface area contributed by atoms with E-state index in [9.17, 15) is 9.59 Å². The number of aromatic amines is 2. The number of hydrogen-bond acceptors (Lipinski definition) is 5. The molecule has 0 aromatic carbocycles. The summed E-state index contributed by atoms with van der Waals surface area (Å²) < 4.78 is 0. The standard InChI is InChI=1S/C6H5N5O2/c1-2-7-4-3(11-10-2)5(12)9-6(13)8-4/h1H3,(H2,7,8,9,10,12,13). The van der Waals surface area contributed by atoms with Gasteiger partial charge in [-0.05, 0) is 6.92 Å². The Morgan fingerprint density at radius 1 is 1.15 bits per heavy atom. The van der Waals surface area contributed by atoms with Gasteiger partial charge in [0.25, 0.3) is 5.56 Å². The number of nitrogens with zero attached hydrogens (tertiary/aromatic N) is 3. The molecule has 0 saturated heterocycles. The number of aromatic nitrogens is 5. The molecule has 0 aliphatic carbocycles. The number of H-pyrrole nitrogens is 2. The van der Waals surface area contributed by atoms with Crippen LogP contribution in [0.3, 0.4) is 0 Å². The molecule has 0 atom stereocenters. The molecule has 0 bridgehead atoms. The van der Waals surface area contributed by atoms with Gasteiger partial charge >= 0.3 is 5.69 Å². The number of fused-ring (bicyclic) bond motifs is 1. The fourth-order valence-corrected chi connectivity index (χ4v) is 0.948. The van der Waals surface area contributed by atoms with Gasteiger partial charge in [0.2, 0.25) is 0 Å². The lowest BCUT2D eigenvalue weighted by atomic mass is 10.5. The Hall–Kier alpha value is -2.05. The van der Waals surface area contributed by atoms with Crippen LogP contribution in [-0.4, -0.2) is 25.1 Å². The monoisotopic (exact) mass is 179 g/mol. The summed E-state index contributed by atoms with van der Waals surface area (Å²) in [5.41, 5.74) is -0.998. The zero-order chi connectivity index (χ0) is 9.42. The average molecular weight is 179 g/mol. The van der Waals surface area contributed by atoms with Gasteiger partial charge in [-0.2, -0.15) is 0 Å². The molecule has 2 N–H and O–H groups in total. The van der Waals surface area contributed by atoms with Crippen LogP contribution in [0, 0.1) is 6.92 Å². The third-order valence-corrected chi connectivity index (χ3v) is 1.47. The molecule has 0 aliphatic rings. The van der Waals surface area contributed by atoms with Crippen molar-refractivity contribution in [1.82, 2.24) is 25.1 Å². The topological polar surface area (TPSA) is 104 Å². The van der Waals surface area contributed by atoms with Crippen molar-refractivity contribution in [2.45, 2.75) is 6.92 Å². The second-order valence-corrected chi connectivity index (χ2v) is 2.46. The smallest absolute Gasteiger partial charge is 0.290 e. The van der Waals surface area contributed by atoms with Gasteiger partial charge in [-0.25, -0.2) is 9.78 Å². The maximum atomic E-state index is 11.1. The van der Waals surface area contributed by atoms with Gasteiger partial charge in [-0.1, -0.05) is 0 Å². The lowest BCUT2D eigenvalue weighted by Crippen LogP contribution is -2.23. The van der Waals surface area contributed by atoms with E-state index in [1.54, 1.807) is 6.92 Å². The number of rotatable bonds is 0. The first-order chi connectivity index (χ1) is 6.16. The Kier molecular flexibility index (Phi) is 1.44. The van der Waals surface area contributed by atoms with Crippen LogP contribution in [0.2, 0.25) is 0 Å². The highest BCUT2D eigenvalue weighted by Gasteiger charge is 2.03. The lowest BCUT2D eigenvalue weighted by molar-refractivity contribution is 0.917. The van der Waals surface area contributed by atoms with E-state index in [4.69, 9.17) is 0 Å². The summed E-state index contributed by atoms with van der Waals surface area (Å²) in [7, 11) is 0. The van der Waals surface area contributed by atoms with E-state index >= 15 is 0 Å². The second kappa shape index (κ2) is 2.47. The highest BCUT2D eigenvalue weighted by atomic mass is 16.2. The molecule has 7 nitrogen and oxygen atoms in total. The molecule has 2 rings (SSSR count). The molecule has 0 fully saturated rings. The highest BCUT2D eigenvalue weighted by Crippen LogP contribution is 1.93. The number of hydrogen-bond donors (Lipinski definition) is 2. The van der Waals surface area contributed by atoms with E-state index in [2.05, 4.69) is 20.2 Å². The average Bonchev–Trinajstić information content (AvgIpc) is 2.02. The van der Waals surface area contributed by atoms with Crippen molar-refractivity contribution < 1.29 is 0 Å². The van der Waals surface area contributed by atoms with Crippen LogP contribution in [0.15, 0.2) is 9.59 Å². The summed E-state index contributed by atoms with van der Waals surface area (Å²) in [4.78, 5) is 30.1. The number of nitrogens with one attached hydrogen (secondary N) is 2. The van der Waals surface area contributed by atoms with E-state index in [0.717, 1.165) is 0 Å². The van der Waals surface area contributed by atoms with Crippen LogP contribution in [0.25, 0.3) is 11.2 Å². The first-order valence-corrected chi connectivity index (χ1v) is 3.50. The Balaban J connectivity index is 3.03. The van der Waals surface area contributed by atoms with Crippen LogP contribution in [0.4, 0.5) is 0 Å². The maximum absolute atomic E-state index is 11.1. The van der Waals surface area contributed by atoms with Gasteiger partial charge in [-0.15, -0.1) is 10.2 Å². The van der Waals surface area contributed by atoms with Gasteiger partial charge in [0, 0.05) is 0 Å². The second-order valence-electron chi connectivity index (χ2n) is 2.46. The highest BCUT2D eigenvalue weighted by molar-refractivity contribution is 5.66. The molecule has 13 heavy (non-hydrogen) atoms. The Morgan fingerprint density at radius 2 is 1.92 bits per heavy atom. The Morgan fingerprint density at radius 3 is 2.69 bits per heavy atom. The molecule has 0 radical (unpaired) electrons. The first kappa shape index (κ1) is 7.59. The van der Waals surface area contributed by atoms with Gasteiger partial charge in [0.05, 0.1) is 0 Å². The van der Waals surface area contributed by atoms with E-state index in [0.29, 0.717) is 5.82 Å². The summed E-state index contributed by atoms with van der Waals surface area (Å²) in [6, 6.07) is 0. The fraction of sp³-hybridized carbons (Fsp3) is 0.167. The van der Waals surface area contributed by atoms with Gasteiger partial charge < -0.3 is 0 Å². The van der Waals surface area contributed by atoms with Crippen molar-refractivity contribution >= 4 is 11.2 Å². The molecule has 0 unspecified atom stereocenters. The Labute approximate surface area is 70.9 Å². The minimum absolute atomic E-state index is 0.0326. The van der Waals surface area contributed by atoms with Crippen molar-refractivity contribution in [3.05, 3.63) is 26.7 Å². The van der Waals surface area contributed by atoms with E-state index < -0.39 is 11.2 Å². The zero-order valence-electron chi connectivity index (χ0n) is 6.66. The molecule has 0 aliphatic heterocycles. The minimum Gasteiger partial charge on any atom is -0.290 e. The molecular weight excluding hydrogens is 174 g/mol. The third kappa shape index (κ3) is 1.19. The zero-order valence-corrected chi connectivity index (χ0v) is 6.66. The molecule has 7 heteroatoms. The minimum atomic E-state index is -0.600. The van der Waals surface area contributed by atoms with Crippen molar-refractivity contribution in [3.8, 4) is 0 Å². The van der Waals surface area contributed by atoms with Crippen molar-refractivity contribution in [2.24, 2.45) is 0 Å². The molecule has 2 aromatic heterocycles. The van der Waals surface area contributed by atoms with Crippen LogP contribution in [0.1, 0.15) is 5.82 Å². The van der Waals surface area contributed by atoms with Gasteiger partial charge in [0.15, 0.2) is 11.2 Å². The molecular formula is C6H5N5O2. The summed E-state index contributed by atoms with van der Waals surface area (Å²) in [6.07, 6.45) is 0. The number of aryl methyl sites for hydroxylation is 1. The molecule has 0 spiro atoms. The predicted molar refractivity (Wildman–Crippen MR) is 43.3 cm³/mol. The van der Waals surface area contributed by atoms with Gasteiger partial charge in [-0.3, -0.25) is 14.8 Å². The summed E-state index contributed by atoms with van der Waals surface area (Å²) >= 11 is 0. The van der Waals surface area contributed by atoms with E-state index in [1.807, 2.05) is 4.98 Å². The third-order valence-electron chi connectivity index (χ3n) is 1.47. The summed E-state index contributed by atoms with van der Waals surface area (Å²) in [5, 5.41) is 7.19.